The molecule has 32 heavy (non-hydrogen) atoms. The number of pyridine rings is 1. The lowest BCUT2D eigenvalue weighted by atomic mass is 9.88. The van der Waals surface area contributed by atoms with Crippen LogP contribution in [-0.2, 0) is 9.47 Å². The first kappa shape index (κ1) is 23.1. The van der Waals surface area contributed by atoms with E-state index in [4.69, 9.17) is 9.47 Å². The van der Waals surface area contributed by atoms with Crippen molar-refractivity contribution in [2.45, 2.75) is 43.5 Å². The minimum Gasteiger partial charge on any atom is -0.394 e. The van der Waals surface area contributed by atoms with E-state index in [1.54, 1.807) is 12.3 Å². The number of aryl methyl sites for hydroxylation is 1. The first-order valence-corrected chi connectivity index (χ1v) is 10.8. The van der Waals surface area contributed by atoms with Crippen LogP contribution >= 0.6 is 0 Å². The van der Waals surface area contributed by atoms with E-state index in [0.717, 1.165) is 35.6 Å². The topological polar surface area (TPSA) is 136 Å². The molecule has 174 valence electrons. The lowest BCUT2D eigenvalue weighted by Gasteiger charge is -2.42. The highest BCUT2D eigenvalue weighted by Crippen LogP contribution is 2.33. The summed E-state index contributed by atoms with van der Waals surface area (Å²) in [4.78, 5) is 6.65. The first-order chi connectivity index (χ1) is 15.4. The van der Waals surface area contributed by atoms with Gasteiger partial charge in [0, 0.05) is 19.3 Å². The number of anilines is 1. The molecule has 3 heterocycles. The van der Waals surface area contributed by atoms with Gasteiger partial charge in [0.1, 0.15) is 42.4 Å². The number of aliphatic hydroxyl groups excluding tert-OH is 5. The van der Waals surface area contributed by atoms with Crippen LogP contribution in [0.5, 0.6) is 0 Å². The molecule has 2 aromatic rings. The molecule has 4 rings (SSSR count). The van der Waals surface area contributed by atoms with Crippen LogP contribution in [-0.4, -0.2) is 93.9 Å². The summed E-state index contributed by atoms with van der Waals surface area (Å²) < 4.78 is 10.9. The Bertz CT molecular complexity index is 919. The highest BCUT2D eigenvalue weighted by Gasteiger charge is 2.46. The maximum atomic E-state index is 10.9. The summed E-state index contributed by atoms with van der Waals surface area (Å²) >= 11 is 0. The SMILES string of the molecule is Cc1cc(-c2ccnc(N3CCOCC3)c2)ccc1[C@@H](O)[C@H]1O[C@H](CO)[C@@H](O)[C@H](O)[C@@H]1O. The molecule has 1 aromatic heterocycles. The molecule has 9 heteroatoms. The van der Waals surface area contributed by atoms with E-state index in [1.807, 2.05) is 31.2 Å². The molecule has 0 spiro atoms. The summed E-state index contributed by atoms with van der Waals surface area (Å²) in [6, 6.07) is 9.50. The van der Waals surface area contributed by atoms with Crippen molar-refractivity contribution in [2.24, 2.45) is 0 Å². The maximum Gasteiger partial charge on any atom is 0.129 e. The van der Waals surface area contributed by atoms with Gasteiger partial charge in [-0.3, -0.25) is 0 Å². The molecule has 0 saturated carbocycles. The third-order valence-corrected chi connectivity index (χ3v) is 6.24. The Hall–Kier alpha value is -2.11. The highest BCUT2D eigenvalue weighted by molar-refractivity contribution is 5.68. The second-order valence-electron chi connectivity index (χ2n) is 8.31. The fraction of sp³-hybridized carbons (Fsp3) is 0.522. The summed E-state index contributed by atoms with van der Waals surface area (Å²) in [6.45, 7) is 4.24. The molecular weight excluding hydrogens is 416 g/mol. The number of hydrogen-bond donors (Lipinski definition) is 5. The smallest absolute Gasteiger partial charge is 0.129 e. The normalized spacial score (nSPS) is 29.7. The molecule has 2 aliphatic rings. The van der Waals surface area contributed by atoms with Crippen molar-refractivity contribution in [1.82, 2.24) is 4.98 Å². The van der Waals surface area contributed by atoms with Crippen molar-refractivity contribution in [3.8, 4) is 11.1 Å². The molecule has 2 saturated heterocycles. The van der Waals surface area contributed by atoms with Gasteiger partial charge in [0.25, 0.3) is 0 Å². The van der Waals surface area contributed by atoms with Gasteiger partial charge in [-0.25, -0.2) is 4.98 Å². The summed E-state index contributed by atoms with van der Waals surface area (Å²) in [5.74, 6) is 0.883. The lowest BCUT2D eigenvalue weighted by molar-refractivity contribution is -0.250. The summed E-state index contributed by atoms with van der Waals surface area (Å²) in [5, 5.41) is 50.6. The molecule has 1 aromatic carbocycles. The molecule has 0 unspecified atom stereocenters. The number of nitrogens with zero attached hydrogens (tertiary/aromatic N) is 2. The Kier molecular flexibility index (Phi) is 7.06. The van der Waals surface area contributed by atoms with E-state index < -0.39 is 43.2 Å². The second-order valence-corrected chi connectivity index (χ2v) is 8.31. The monoisotopic (exact) mass is 446 g/mol. The first-order valence-electron chi connectivity index (χ1n) is 10.8. The number of aromatic nitrogens is 1. The van der Waals surface area contributed by atoms with Crippen molar-refractivity contribution < 1.29 is 35.0 Å². The van der Waals surface area contributed by atoms with E-state index >= 15 is 0 Å². The van der Waals surface area contributed by atoms with Crippen LogP contribution in [0.3, 0.4) is 0 Å². The van der Waals surface area contributed by atoms with E-state index in [-0.39, 0.29) is 0 Å². The number of benzene rings is 1. The zero-order valence-corrected chi connectivity index (χ0v) is 17.9. The van der Waals surface area contributed by atoms with Crippen LogP contribution in [0.1, 0.15) is 17.2 Å². The van der Waals surface area contributed by atoms with Crippen molar-refractivity contribution in [2.75, 3.05) is 37.8 Å². The number of hydrogen-bond acceptors (Lipinski definition) is 9. The summed E-state index contributed by atoms with van der Waals surface area (Å²) in [7, 11) is 0. The van der Waals surface area contributed by atoms with Crippen LogP contribution in [0.25, 0.3) is 11.1 Å². The van der Waals surface area contributed by atoms with Gasteiger partial charge in [0.2, 0.25) is 0 Å². The Balaban J connectivity index is 1.56. The highest BCUT2D eigenvalue weighted by atomic mass is 16.6. The Morgan fingerprint density at radius 1 is 1.03 bits per heavy atom. The van der Waals surface area contributed by atoms with Gasteiger partial charge in [0.15, 0.2) is 0 Å². The van der Waals surface area contributed by atoms with Crippen LogP contribution in [0, 0.1) is 6.92 Å². The van der Waals surface area contributed by atoms with E-state index in [9.17, 15) is 25.5 Å². The van der Waals surface area contributed by atoms with Gasteiger partial charge in [0.05, 0.1) is 19.8 Å². The quantitative estimate of drug-likeness (QED) is 0.422. The molecule has 0 amide bonds. The fourth-order valence-corrected chi connectivity index (χ4v) is 4.32. The third kappa shape index (κ3) is 4.51. The summed E-state index contributed by atoms with van der Waals surface area (Å²) in [5.41, 5.74) is 3.24. The van der Waals surface area contributed by atoms with Gasteiger partial charge in [-0.15, -0.1) is 0 Å². The number of rotatable bonds is 5. The minimum absolute atomic E-state index is 0.528. The molecule has 0 radical (unpaired) electrons. The van der Waals surface area contributed by atoms with E-state index in [2.05, 4.69) is 9.88 Å². The second kappa shape index (κ2) is 9.80. The van der Waals surface area contributed by atoms with Crippen LogP contribution in [0.15, 0.2) is 36.5 Å². The molecule has 2 fully saturated rings. The van der Waals surface area contributed by atoms with Crippen molar-refractivity contribution in [3.05, 3.63) is 47.7 Å². The third-order valence-electron chi connectivity index (χ3n) is 6.24. The Morgan fingerprint density at radius 3 is 2.44 bits per heavy atom. The zero-order valence-electron chi connectivity index (χ0n) is 17.9. The standard InChI is InChI=1S/C23H30N2O7/c1-13-10-14(15-4-5-24-18(11-15)25-6-8-31-9-7-25)2-3-16(13)19(27)23-22(30)21(29)20(28)17(12-26)32-23/h2-5,10-11,17,19-23,26-30H,6-9,12H2,1H3/t17-,19-,20-,21+,22+,23-/m1/s1. The van der Waals surface area contributed by atoms with Crippen molar-refractivity contribution >= 4 is 5.82 Å². The molecule has 5 N–H and O–H groups in total. The lowest BCUT2D eigenvalue weighted by Crippen LogP contribution is -2.59. The average molecular weight is 447 g/mol. The molecular formula is C23H30N2O7. The molecule has 2 aliphatic heterocycles. The van der Waals surface area contributed by atoms with Gasteiger partial charge in [-0.1, -0.05) is 18.2 Å². The largest absolute Gasteiger partial charge is 0.394 e. The zero-order chi connectivity index (χ0) is 22.8. The predicted molar refractivity (Wildman–Crippen MR) is 116 cm³/mol. The average Bonchev–Trinajstić information content (AvgIpc) is 2.83. The van der Waals surface area contributed by atoms with Crippen LogP contribution < -0.4 is 4.90 Å². The number of ether oxygens (including phenoxy) is 2. The molecule has 0 bridgehead atoms. The maximum absolute atomic E-state index is 10.9. The Morgan fingerprint density at radius 2 is 1.75 bits per heavy atom. The molecule has 0 aliphatic carbocycles. The number of aliphatic hydroxyl groups is 5. The predicted octanol–water partition coefficient (Wildman–Crippen LogP) is -0.231. The molecule has 6 atom stereocenters. The van der Waals surface area contributed by atoms with Gasteiger partial charge in [-0.2, -0.15) is 0 Å². The van der Waals surface area contributed by atoms with Gasteiger partial charge in [-0.05, 0) is 41.3 Å². The van der Waals surface area contributed by atoms with Crippen LogP contribution in [0.2, 0.25) is 0 Å². The number of morpholine rings is 1. The van der Waals surface area contributed by atoms with E-state index in [0.29, 0.717) is 18.8 Å². The minimum atomic E-state index is -1.53. The summed E-state index contributed by atoms with van der Waals surface area (Å²) in [6.07, 6.45) is -6.24. The van der Waals surface area contributed by atoms with Crippen molar-refractivity contribution in [1.29, 1.82) is 0 Å². The van der Waals surface area contributed by atoms with Crippen LogP contribution in [0.4, 0.5) is 5.82 Å². The fourth-order valence-electron chi connectivity index (χ4n) is 4.32. The van der Waals surface area contributed by atoms with Crippen molar-refractivity contribution in [3.63, 3.8) is 0 Å². The molecule has 9 nitrogen and oxygen atoms in total. The van der Waals surface area contributed by atoms with Gasteiger partial charge >= 0.3 is 0 Å². The Labute approximate surface area is 186 Å². The van der Waals surface area contributed by atoms with Gasteiger partial charge < -0.3 is 39.9 Å². The van der Waals surface area contributed by atoms with E-state index in [1.165, 1.54) is 0 Å².